The summed E-state index contributed by atoms with van der Waals surface area (Å²) in [7, 11) is 9.79. The summed E-state index contributed by atoms with van der Waals surface area (Å²) in [4.78, 5) is 3.86. The van der Waals surface area contributed by atoms with Crippen LogP contribution in [0.4, 0.5) is 0 Å². The molecule has 2 nitrogen and oxygen atoms in total. The summed E-state index contributed by atoms with van der Waals surface area (Å²) >= 11 is -2.24. The number of hydrogen-bond donors (Lipinski definition) is 0. The predicted octanol–water partition coefficient (Wildman–Crippen LogP) is 2.16. The van der Waals surface area contributed by atoms with E-state index in [0.29, 0.717) is 0 Å². The van der Waals surface area contributed by atoms with Gasteiger partial charge >= 0.3 is 43.8 Å². The van der Waals surface area contributed by atoms with Gasteiger partial charge in [-0.1, -0.05) is 0 Å². The topological polar surface area (TPSA) is 34.1 Å². The molecule has 84 valence electrons. The summed E-state index contributed by atoms with van der Waals surface area (Å²) < 4.78 is 19.1. The molecule has 0 heterocycles. The third kappa shape index (κ3) is 662. The van der Waals surface area contributed by atoms with Gasteiger partial charge in [0.1, 0.15) is 0 Å². The van der Waals surface area contributed by atoms with E-state index >= 15 is 0 Å². The van der Waals surface area contributed by atoms with E-state index in [2.05, 4.69) is 0 Å². The molecule has 7 heteroatoms. The Bertz CT molecular complexity index is 133. The van der Waals surface area contributed by atoms with Crippen LogP contribution in [0.1, 0.15) is 0 Å². The fraction of sp³-hybridized carbons (Fsp3) is 1.00. The molecular weight excluding hydrogens is 358 g/mol. The first kappa shape index (κ1) is 20.1. The Balaban J connectivity index is -0.000000117. The summed E-state index contributed by atoms with van der Waals surface area (Å²) in [5.41, 5.74) is 0. The van der Waals surface area contributed by atoms with Crippen molar-refractivity contribution >= 4 is 55.6 Å². The van der Waals surface area contributed by atoms with Crippen molar-refractivity contribution in [3.05, 3.63) is 0 Å². The zero-order valence-electron chi connectivity index (χ0n) is 8.89. The van der Waals surface area contributed by atoms with Gasteiger partial charge in [-0.3, -0.25) is 8.42 Å². The summed E-state index contributed by atoms with van der Waals surface area (Å²) in [5, 5.41) is 0. The molecule has 0 bridgehead atoms. The molecule has 0 unspecified atom stereocenters. The van der Waals surface area contributed by atoms with Crippen LogP contribution in [0, 0.1) is 0 Å². The van der Waals surface area contributed by atoms with E-state index in [1.165, 1.54) is 0 Å². The molecule has 0 amide bonds. The molecular formula is C6H18Cl2O2S2Sn. The second-order valence-corrected chi connectivity index (χ2v) is 27.3. The van der Waals surface area contributed by atoms with Gasteiger partial charge in [0.15, 0.2) is 0 Å². The molecule has 0 saturated heterocycles. The molecule has 0 aliphatic carbocycles. The molecule has 0 saturated carbocycles. The molecule has 13 heavy (non-hydrogen) atoms. The Labute approximate surface area is 98.0 Å². The Kier molecular flexibility index (Phi) is 18.2. The van der Waals surface area contributed by atoms with Crippen molar-refractivity contribution < 1.29 is 8.42 Å². The zero-order chi connectivity index (χ0) is 11.7. The van der Waals surface area contributed by atoms with E-state index in [9.17, 15) is 8.42 Å². The van der Waals surface area contributed by atoms with Crippen LogP contribution < -0.4 is 0 Å². The van der Waals surface area contributed by atoms with Crippen molar-refractivity contribution in [2.24, 2.45) is 0 Å². The Morgan fingerprint density at radius 1 is 0.846 bits per heavy atom. The second-order valence-electron chi connectivity index (χ2n) is 2.81. The molecule has 0 spiro atoms. The number of rotatable bonds is 0. The van der Waals surface area contributed by atoms with Gasteiger partial charge in [0.05, 0.1) is 0 Å². The van der Waals surface area contributed by atoms with Crippen LogP contribution in [-0.4, -0.2) is 49.6 Å². The van der Waals surface area contributed by atoms with Crippen molar-refractivity contribution in [3.63, 3.8) is 0 Å². The first-order valence-corrected chi connectivity index (χ1v) is 20.2. The van der Waals surface area contributed by atoms with E-state index in [0.717, 1.165) is 0 Å². The Hall–Kier alpha value is 1.68. The van der Waals surface area contributed by atoms with Crippen molar-refractivity contribution in [2.45, 2.75) is 9.88 Å². The normalized spacial score (nSPS) is 10.0. The van der Waals surface area contributed by atoms with Crippen LogP contribution in [-0.2, 0) is 21.6 Å². The summed E-state index contributed by atoms with van der Waals surface area (Å²) in [6.07, 6.45) is 6.56. The quantitative estimate of drug-likeness (QED) is 0.608. The number of halogens is 2. The monoisotopic (exact) mass is 376 g/mol. The molecule has 0 aromatic heterocycles. The maximum atomic E-state index is 9.56. The van der Waals surface area contributed by atoms with Crippen LogP contribution in [0.25, 0.3) is 0 Å². The van der Waals surface area contributed by atoms with Crippen LogP contribution >= 0.6 is 17.8 Å². The third-order valence-corrected chi connectivity index (χ3v) is 0. The fourth-order valence-corrected chi connectivity index (χ4v) is 0. The minimum atomic E-state index is -2.24. The van der Waals surface area contributed by atoms with E-state index in [-0.39, 0.29) is 0 Å². The molecule has 0 aromatic rings. The first-order valence-electron chi connectivity index (χ1n) is 3.34. The second kappa shape index (κ2) is 11.8. The average Bonchev–Trinajstić information content (AvgIpc) is 1.50. The van der Waals surface area contributed by atoms with Crippen molar-refractivity contribution in [1.29, 1.82) is 0 Å². The average molecular weight is 376 g/mol. The van der Waals surface area contributed by atoms with Crippen LogP contribution in [0.15, 0.2) is 0 Å². The maximum absolute atomic E-state index is 9.56. The predicted molar refractivity (Wildman–Crippen MR) is 69.2 cm³/mol. The van der Waals surface area contributed by atoms with Gasteiger partial charge in [-0.15, -0.1) is 0 Å². The van der Waals surface area contributed by atoms with Gasteiger partial charge in [0.25, 0.3) is 0 Å². The summed E-state index contributed by atoms with van der Waals surface area (Å²) in [6, 6.07) is 0. The molecule has 0 aliphatic heterocycles. The van der Waals surface area contributed by atoms with Gasteiger partial charge in [0, 0.05) is 46.6 Å². The van der Waals surface area contributed by atoms with Crippen LogP contribution in [0.2, 0.25) is 9.88 Å². The van der Waals surface area contributed by atoms with Gasteiger partial charge in [-0.05, 0) is 0 Å². The molecule has 0 aliphatic rings. The summed E-state index contributed by atoms with van der Waals surface area (Å²) in [5.74, 6) is 0. The standard InChI is InChI=1S/2C2H6OS.2CH3.2ClH.Sn/c2*1-4(2)3;;;;;/h2*1-2H3;2*1H3;2*1H;/q;;;;;;+2/p-2. The fourth-order valence-electron chi connectivity index (χ4n) is 0. The van der Waals surface area contributed by atoms with E-state index in [1.54, 1.807) is 25.0 Å². The van der Waals surface area contributed by atoms with E-state index in [1.807, 2.05) is 9.88 Å². The van der Waals surface area contributed by atoms with Crippen molar-refractivity contribution in [3.8, 4) is 0 Å². The molecule has 0 radical (unpaired) electrons. The van der Waals surface area contributed by atoms with Crippen molar-refractivity contribution in [1.82, 2.24) is 0 Å². The van der Waals surface area contributed by atoms with Gasteiger partial charge in [0.2, 0.25) is 0 Å². The molecule has 0 aromatic carbocycles. The number of hydrogen-bond acceptors (Lipinski definition) is 2. The van der Waals surface area contributed by atoms with E-state index in [4.69, 9.17) is 17.8 Å². The first-order chi connectivity index (χ1) is 5.46. The van der Waals surface area contributed by atoms with Gasteiger partial charge < -0.3 is 0 Å². The zero-order valence-corrected chi connectivity index (χ0v) is 14.9. The molecule has 0 rings (SSSR count). The summed E-state index contributed by atoms with van der Waals surface area (Å²) in [6.45, 7) is 0. The Morgan fingerprint density at radius 2 is 0.846 bits per heavy atom. The third-order valence-electron chi connectivity index (χ3n) is 0. The SMILES string of the molecule is CS(C)=O.CS(C)=O.[CH3][Sn]([CH3])([Cl])[Cl]. The van der Waals surface area contributed by atoms with Crippen LogP contribution in [0.3, 0.4) is 0 Å². The van der Waals surface area contributed by atoms with Crippen LogP contribution in [0.5, 0.6) is 0 Å². The molecule has 0 fully saturated rings. The molecule has 0 N–H and O–H groups in total. The van der Waals surface area contributed by atoms with Crippen molar-refractivity contribution in [2.75, 3.05) is 25.0 Å². The minimum absolute atomic E-state index is 0.611. The van der Waals surface area contributed by atoms with Gasteiger partial charge in [-0.25, -0.2) is 0 Å². The molecule has 0 atom stereocenters. The van der Waals surface area contributed by atoms with Gasteiger partial charge in [-0.2, -0.15) is 0 Å². The Morgan fingerprint density at radius 3 is 0.846 bits per heavy atom. The van der Waals surface area contributed by atoms with E-state index < -0.39 is 37.7 Å².